The van der Waals surface area contributed by atoms with Crippen LogP contribution < -0.4 is 5.32 Å². The van der Waals surface area contributed by atoms with Crippen LogP contribution in [0.2, 0.25) is 0 Å². The van der Waals surface area contributed by atoms with E-state index in [1.165, 1.54) is 37.8 Å². The predicted octanol–water partition coefficient (Wildman–Crippen LogP) is 2.78. The van der Waals surface area contributed by atoms with E-state index in [2.05, 4.69) is 15.2 Å². The molecule has 0 unspecified atom stereocenters. The zero-order valence-corrected chi connectivity index (χ0v) is 13.5. The number of aromatic hydroxyl groups is 1. The van der Waals surface area contributed by atoms with Gasteiger partial charge in [-0.05, 0) is 55.2 Å². The highest BCUT2D eigenvalue weighted by Crippen LogP contribution is 2.47. The molecule has 1 saturated carbocycles. The number of benzene rings is 1. The van der Waals surface area contributed by atoms with E-state index in [1.807, 2.05) is 19.2 Å². The van der Waals surface area contributed by atoms with Crippen molar-refractivity contribution in [2.45, 2.75) is 38.5 Å². The number of nitrogens with zero attached hydrogens (tertiary/aromatic N) is 2. The Morgan fingerprint density at radius 2 is 2.05 bits per heavy atom. The van der Waals surface area contributed by atoms with Crippen LogP contribution in [0.15, 0.2) is 29.3 Å². The Bertz CT molecular complexity index is 520. The van der Waals surface area contributed by atoms with E-state index in [-0.39, 0.29) is 0 Å². The second-order valence-corrected chi connectivity index (χ2v) is 6.77. The molecule has 120 valence electrons. The Morgan fingerprint density at radius 1 is 1.27 bits per heavy atom. The SMILES string of the molecule is CN=C(NCCCc1ccc(O)cc1)N1CCC2(CCC2)C1. The van der Waals surface area contributed by atoms with Crippen LogP contribution in [0.3, 0.4) is 0 Å². The molecule has 0 bridgehead atoms. The topological polar surface area (TPSA) is 47.9 Å². The normalized spacial score (nSPS) is 20.2. The lowest BCUT2D eigenvalue weighted by Gasteiger charge is -2.38. The Morgan fingerprint density at radius 3 is 2.64 bits per heavy atom. The molecule has 0 radical (unpaired) electrons. The summed E-state index contributed by atoms with van der Waals surface area (Å²) >= 11 is 0. The molecule has 1 aliphatic heterocycles. The van der Waals surface area contributed by atoms with Crippen molar-refractivity contribution in [1.82, 2.24) is 10.2 Å². The second kappa shape index (κ2) is 6.59. The van der Waals surface area contributed by atoms with Gasteiger partial charge in [0.15, 0.2) is 5.96 Å². The summed E-state index contributed by atoms with van der Waals surface area (Å²) < 4.78 is 0. The van der Waals surface area contributed by atoms with Gasteiger partial charge in [0, 0.05) is 26.7 Å². The molecule has 4 nitrogen and oxygen atoms in total. The lowest BCUT2D eigenvalue weighted by molar-refractivity contribution is 0.151. The van der Waals surface area contributed by atoms with Crippen LogP contribution >= 0.6 is 0 Å². The maximum absolute atomic E-state index is 9.29. The van der Waals surface area contributed by atoms with Gasteiger partial charge in [-0.15, -0.1) is 0 Å². The van der Waals surface area contributed by atoms with E-state index in [4.69, 9.17) is 0 Å². The first-order valence-electron chi connectivity index (χ1n) is 8.44. The summed E-state index contributed by atoms with van der Waals surface area (Å²) in [5.41, 5.74) is 1.88. The quantitative estimate of drug-likeness (QED) is 0.511. The van der Waals surface area contributed by atoms with Gasteiger partial charge in [-0.2, -0.15) is 0 Å². The summed E-state index contributed by atoms with van der Waals surface area (Å²) in [7, 11) is 1.88. The average Bonchev–Trinajstić information content (AvgIpc) is 2.95. The van der Waals surface area contributed by atoms with E-state index in [0.717, 1.165) is 31.9 Å². The molecule has 1 saturated heterocycles. The maximum atomic E-state index is 9.29. The number of hydrogen-bond acceptors (Lipinski definition) is 2. The molecule has 1 spiro atoms. The van der Waals surface area contributed by atoms with Gasteiger partial charge >= 0.3 is 0 Å². The minimum absolute atomic E-state index is 0.334. The van der Waals surface area contributed by atoms with E-state index in [0.29, 0.717) is 11.2 Å². The summed E-state index contributed by atoms with van der Waals surface area (Å²) in [5.74, 6) is 1.40. The van der Waals surface area contributed by atoms with E-state index in [9.17, 15) is 5.11 Å². The van der Waals surface area contributed by atoms with Crippen LogP contribution in [0.5, 0.6) is 5.75 Å². The molecular weight excluding hydrogens is 274 g/mol. The number of nitrogens with one attached hydrogen (secondary N) is 1. The number of phenols is 1. The number of aryl methyl sites for hydroxylation is 1. The predicted molar refractivity (Wildman–Crippen MR) is 90.3 cm³/mol. The first kappa shape index (κ1) is 15.2. The molecule has 3 rings (SSSR count). The molecule has 2 N–H and O–H groups in total. The number of likely N-dealkylation sites (tertiary alicyclic amines) is 1. The maximum Gasteiger partial charge on any atom is 0.193 e. The number of aliphatic imine (C=N–C) groups is 1. The molecule has 0 amide bonds. The van der Waals surface area contributed by atoms with Gasteiger partial charge in [-0.3, -0.25) is 4.99 Å². The summed E-state index contributed by atoms with van der Waals surface area (Å²) in [6, 6.07) is 7.49. The standard InChI is InChI=1S/C18H27N3O/c1-19-17(21-13-11-18(14-21)9-3-10-18)20-12-2-4-15-5-7-16(22)8-6-15/h5-8,22H,2-4,9-14H2,1H3,(H,19,20). The van der Waals surface area contributed by atoms with E-state index >= 15 is 0 Å². The third-order valence-electron chi connectivity index (χ3n) is 5.23. The Kier molecular flexibility index (Phi) is 4.55. The van der Waals surface area contributed by atoms with Gasteiger partial charge in [0.1, 0.15) is 5.75 Å². The van der Waals surface area contributed by atoms with Crippen molar-refractivity contribution in [2.75, 3.05) is 26.7 Å². The van der Waals surface area contributed by atoms with Crippen molar-refractivity contribution in [3.05, 3.63) is 29.8 Å². The van der Waals surface area contributed by atoms with E-state index in [1.54, 1.807) is 12.1 Å². The van der Waals surface area contributed by atoms with Crippen molar-refractivity contribution in [3.63, 3.8) is 0 Å². The smallest absolute Gasteiger partial charge is 0.193 e. The minimum atomic E-state index is 0.334. The van der Waals surface area contributed by atoms with Crippen LogP contribution in [-0.2, 0) is 6.42 Å². The molecule has 4 heteroatoms. The molecular formula is C18H27N3O. The monoisotopic (exact) mass is 301 g/mol. The average molecular weight is 301 g/mol. The van der Waals surface area contributed by atoms with Crippen molar-refractivity contribution >= 4 is 5.96 Å². The molecule has 2 fully saturated rings. The molecule has 1 aromatic carbocycles. The zero-order valence-electron chi connectivity index (χ0n) is 13.5. The summed E-state index contributed by atoms with van der Waals surface area (Å²) in [6.45, 7) is 3.28. The molecule has 0 atom stereocenters. The van der Waals surface area contributed by atoms with Gasteiger partial charge in [-0.25, -0.2) is 0 Å². The van der Waals surface area contributed by atoms with Gasteiger partial charge in [0.2, 0.25) is 0 Å². The van der Waals surface area contributed by atoms with Crippen LogP contribution in [0, 0.1) is 5.41 Å². The van der Waals surface area contributed by atoms with Crippen molar-refractivity contribution in [3.8, 4) is 5.75 Å². The molecule has 2 aliphatic rings. The van der Waals surface area contributed by atoms with Crippen LogP contribution in [0.25, 0.3) is 0 Å². The van der Waals surface area contributed by atoms with Crippen molar-refractivity contribution < 1.29 is 5.11 Å². The summed E-state index contributed by atoms with van der Waals surface area (Å²) in [4.78, 5) is 6.88. The number of guanidine groups is 1. The minimum Gasteiger partial charge on any atom is -0.508 e. The fourth-order valence-corrected chi connectivity index (χ4v) is 3.69. The third-order valence-corrected chi connectivity index (χ3v) is 5.23. The Labute approximate surface area is 133 Å². The largest absolute Gasteiger partial charge is 0.508 e. The van der Waals surface area contributed by atoms with Crippen molar-refractivity contribution in [2.24, 2.45) is 10.4 Å². The van der Waals surface area contributed by atoms with Gasteiger partial charge in [-0.1, -0.05) is 18.6 Å². The molecule has 0 aromatic heterocycles. The molecule has 1 aliphatic carbocycles. The summed E-state index contributed by atoms with van der Waals surface area (Å²) in [6.07, 6.45) is 7.65. The van der Waals surface area contributed by atoms with Crippen LogP contribution in [0.1, 0.15) is 37.7 Å². The van der Waals surface area contributed by atoms with Crippen LogP contribution in [0.4, 0.5) is 0 Å². The number of hydrogen-bond donors (Lipinski definition) is 2. The lowest BCUT2D eigenvalue weighted by Crippen LogP contribution is -2.42. The molecule has 1 heterocycles. The van der Waals surface area contributed by atoms with E-state index < -0.39 is 0 Å². The first-order valence-corrected chi connectivity index (χ1v) is 8.44. The second-order valence-electron chi connectivity index (χ2n) is 6.77. The zero-order chi connectivity index (χ0) is 15.4. The Hall–Kier alpha value is -1.71. The number of phenolic OH excluding ortho intramolecular Hbond substituents is 1. The highest BCUT2D eigenvalue weighted by Gasteiger charge is 2.43. The van der Waals surface area contributed by atoms with Gasteiger partial charge in [0.25, 0.3) is 0 Å². The highest BCUT2D eigenvalue weighted by molar-refractivity contribution is 5.80. The van der Waals surface area contributed by atoms with Crippen LogP contribution in [-0.4, -0.2) is 42.6 Å². The fourth-order valence-electron chi connectivity index (χ4n) is 3.69. The molecule has 1 aromatic rings. The first-order chi connectivity index (χ1) is 10.7. The fraction of sp³-hybridized carbons (Fsp3) is 0.611. The highest BCUT2D eigenvalue weighted by atomic mass is 16.3. The summed E-state index contributed by atoms with van der Waals surface area (Å²) in [5, 5.41) is 12.8. The number of rotatable bonds is 4. The lowest BCUT2D eigenvalue weighted by atomic mass is 9.68. The Balaban J connectivity index is 1.41. The van der Waals surface area contributed by atoms with Gasteiger partial charge in [0.05, 0.1) is 0 Å². The van der Waals surface area contributed by atoms with Crippen molar-refractivity contribution in [1.29, 1.82) is 0 Å². The van der Waals surface area contributed by atoms with Gasteiger partial charge < -0.3 is 15.3 Å². The third kappa shape index (κ3) is 3.37. The molecule has 22 heavy (non-hydrogen) atoms.